The minimum absolute atomic E-state index is 0.206. The van der Waals surface area contributed by atoms with Crippen molar-refractivity contribution in [2.24, 2.45) is 0 Å². The van der Waals surface area contributed by atoms with Gasteiger partial charge in [0.15, 0.2) is 0 Å². The van der Waals surface area contributed by atoms with E-state index in [0.717, 1.165) is 42.5 Å². The lowest BCUT2D eigenvalue weighted by Gasteiger charge is -2.27. The van der Waals surface area contributed by atoms with Crippen LogP contribution in [-0.2, 0) is 4.74 Å². The lowest BCUT2D eigenvalue weighted by Crippen LogP contribution is -2.39. The Bertz CT molecular complexity index is 732. The number of rotatable bonds is 6. The Morgan fingerprint density at radius 3 is 2.76 bits per heavy atom. The number of carbonyl (C=O) groups is 1. The molecule has 0 spiro atoms. The van der Waals surface area contributed by atoms with Crippen molar-refractivity contribution in [1.29, 1.82) is 0 Å². The Morgan fingerprint density at radius 2 is 2.04 bits per heavy atom. The number of aromatic nitrogens is 2. The molecule has 1 heterocycles. The van der Waals surface area contributed by atoms with Gasteiger partial charge in [-0.25, -0.2) is 14.8 Å². The highest BCUT2D eigenvalue weighted by atomic mass is 16.6. The van der Waals surface area contributed by atoms with Crippen molar-refractivity contribution in [3.8, 4) is 0 Å². The number of para-hydroxylation sites is 1. The molecule has 1 aliphatic rings. The summed E-state index contributed by atoms with van der Waals surface area (Å²) >= 11 is 0. The van der Waals surface area contributed by atoms with Crippen LogP contribution in [0.5, 0.6) is 0 Å². The number of nitrogens with one attached hydrogen (secondary N) is 1. The first-order chi connectivity index (χ1) is 11.9. The SMILES string of the molecule is CC(C)(C)OC(=O)N(CCCNc1ncnc2ccccc12)C1CC1. The van der Waals surface area contributed by atoms with Crippen LogP contribution in [0.3, 0.4) is 0 Å². The smallest absolute Gasteiger partial charge is 0.410 e. The van der Waals surface area contributed by atoms with Crippen molar-refractivity contribution in [1.82, 2.24) is 14.9 Å². The van der Waals surface area contributed by atoms with Crippen LogP contribution in [0.1, 0.15) is 40.0 Å². The Balaban J connectivity index is 1.53. The maximum absolute atomic E-state index is 12.3. The zero-order valence-corrected chi connectivity index (χ0v) is 15.2. The molecule has 0 radical (unpaired) electrons. The molecule has 0 atom stereocenters. The van der Waals surface area contributed by atoms with E-state index in [4.69, 9.17) is 4.74 Å². The quantitative estimate of drug-likeness (QED) is 0.808. The normalized spacial score (nSPS) is 14.4. The highest BCUT2D eigenvalue weighted by molar-refractivity contribution is 5.88. The molecule has 2 aromatic rings. The Labute approximate surface area is 148 Å². The number of benzene rings is 1. The molecule has 1 saturated carbocycles. The second kappa shape index (κ2) is 7.25. The molecule has 1 aromatic heterocycles. The summed E-state index contributed by atoms with van der Waals surface area (Å²) in [5.41, 5.74) is 0.468. The fourth-order valence-electron chi connectivity index (χ4n) is 2.73. The zero-order valence-electron chi connectivity index (χ0n) is 15.2. The predicted octanol–water partition coefficient (Wildman–Crippen LogP) is 3.83. The fraction of sp³-hybridized carbons (Fsp3) is 0.526. The van der Waals surface area contributed by atoms with Crippen LogP contribution in [-0.4, -0.2) is 45.7 Å². The first-order valence-corrected chi connectivity index (χ1v) is 8.87. The van der Waals surface area contributed by atoms with Crippen LogP contribution < -0.4 is 5.32 Å². The van der Waals surface area contributed by atoms with Crippen molar-refractivity contribution < 1.29 is 9.53 Å². The van der Waals surface area contributed by atoms with E-state index in [2.05, 4.69) is 15.3 Å². The van der Waals surface area contributed by atoms with Gasteiger partial charge in [-0.1, -0.05) is 12.1 Å². The number of fused-ring (bicyclic) bond motifs is 1. The Hall–Kier alpha value is -2.37. The third-order valence-electron chi connectivity index (χ3n) is 4.03. The number of carbonyl (C=O) groups excluding carboxylic acids is 1. The summed E-state index contributed by atoms with van der Waals surface area (Å²) in [6.07, 6.45) is 4.35. The molecule has 25 heavy (non-hydrogen) atoms. The number of hydrogen-bond acceptors (Lipinski definition) is 5. The van der Waals surface area contributed by atoms with Crippen LogP contribution in [0.2, 0.25) is 0 Å². The molecule has 1 N–H and O–H groups in total. The van der Waals surface area contributed by atoms with Gasteiger partial charge in [0.1, 0.15) is 17.7 Å². The number of ether oxygens (including phenoxy) is 1. The van der Waals surface area contributed by atoms with E-state index in [1.165, 1.54) is 0 Å². The molecule has 1 amide bonds. The van der Waals surface area contributed by atoms with Gasteiger partial charge in [0, 0.05) is 24.5 Å². The van der Waals surface area contributed by atoms with Gasteiger partial charge in [0.05, 0.1) is 5.52 Å². The fourth-order valence-corrected chi connectivity index (χ4v) is 2.73. The second-order valence-electron chi connectivity index (χ2n) is 7.42. The van der Waals surface area contributed by atoms with Gasteiger partial charge < -0.3 is 15.0 Å². The standard InChI is InChI=1S/C19H26N4O2/c1-19(2,3)25-18(24)23(14-9-10-14)12-6-11-20-17-15-7-4-5-8-16(15)21-13-22-17/h4-5,7-8,13-14H,6,9-12H2,1-3H3,(H,20,21,22). The average Bonchev–Trinajstić information content (AvgIpc) is 3.38. The summed E-state index contributed by atoms with van der Waals surface area (Å²) < 4.78 is 5.52. The number of nitrogens with zero attached hydrogens (tertiary/aromatic N) is 3. The predicted molar refractivity (Wildman–Crippen MR) is 98.6 cm³/mol. The minimum Gasteiger partial charge on any atom is -0.444 e. The van der Waals surface area contributed by atoms with Crippen LogP contribution in [0, 0.1) is 0 Å². The lowest BCUT2D eigenvalue weighted by atomic mass is 10.2. The largest absolute Gasteiger partial charge is 0.444 e. The number of amides is 1. The summed E-state index contributed by atoms with van der Waals surface area (Å²) in [6.45, 7) is 7.13. The number of anilines is 1. The van der Waals surface area contributed by atoms with E-state index >= 15 is 0 Å². The summed E-state index contributed by atoms with van der Waals surface area (Å²) in [5.74, 6) is 0.834. The molecular formula is C19H26N4O2. The van der Waals surface area contributed by atoms with E-state index in [9.17, 15) is 4.79 Å². The van der Waals surface area contributed by atoms with Gasteiger partial charge in [0.2, 0.25) is 0 Å². The topological polar surface area (TPSA) is 67.3 Å². The molecule has 1 fully saturated rings. The molecule has 0 unspecified atom stereocenters. The van der Waals surface area contributed by atoms with Crippen LogP contribution in [0.15, 0.2) is 30.6 Å². The van der Waals surface area contributed by atoms with Crippen LogP contribution >= 0.6 is 0 Å². The third-order valence-corrected chi connectivity index (χ3v) is 4.03. The van der Waals surface area contributed by atoms with Crippen molar-refractivity contribution >= 4 is 22.8 Å². The van der Waals surface area contributed by atoms with Gasteiger partial charge in [-0.05, 0) is 52.2 Å². The molecular weight excluding hydrogens is 316 g/mol. The zero-order chi connectivity index (χ0) is 17.9. The van der Waals surface area contributed by atoms with E-state index in [-0.39, 0.29) is 6.09 Å². The van der Waals surface area contributed by atoms with Crippen LogP contribution in [0.4, 0.5) is 10.6 Å². The van der Waals surface area contributed by atoms with E-state index in [1.54, 1.807) is 6.33 Å². The summed E-state index contributed by atoms with van der Waals surface area (Å²) in [6, 6.07) is 8.27. The molecule has 1 aromatic carbocycles. The molecule has 0 saturated heterocycles. The molecule has 3 rings (SSSR count). The molecule has 6 nitrogen and oxygen atoms in total. The Morgan fingerprint density at radius 1 is 1.28 bits per heavy atom. The van der Waals surface area contributed by atoms with Crippen LogP contribution in [0.25, 0.3) is 10.9 Å². The van der Waals surface area contributed by atoms with E-state index in [0.29, 0.717) is 12.6 Å². The highest BCUT2D eigenvalue weighted by Gasteiger charge is 2.34. The average molecular weight is 342 g/mol. The summed E-state index contributed by atoms with van der Waals surface area (Å²) in [7, 11) is 0. The monoisotopic (exact) mass is 342 g/mol. The second-order valence-corrected chi connectivity index (χ2v) is 7.42. The summed E-state index contributed by atoms with van der Waals surface area (Å²) in [5, 5.41) is 4.37. The molecule has 0 aliphatic heterocycles. The minimum atomic E-state index is -0.456. The first-order valence-electron chi connectivity index (χ1n) is 8.87. The maximum Gasteiger partial charge on any atom is 0.410 e. The van der Waals surface area contributed by atoms with Gasteiger partial charge in [0.25, 0.3) is 0 Å². The van der Waals surface area contributed by atoms with Crippen molar-refractivity contribution in [3.63, 3.8) is 0 Å². The van der Waals surface area contributed by atoms with Crippen molar-refractivity contribution in [3.05, 3.63) is 30.6 Å². The highest BCUT2D eigenvalue weighted by Crippen LogP contribution is 2.28. The van der Waals surface area contributed by atoms with E-state index in [1.807, 2.05) is 49.9 Å². The maximum atomic E-state index is 12.3. The molecule has 6 heteroatoms. The lowest BCUT2D eigenvalue weighted by molar-refractivity contribution is 0.0233. The van der Waals surface area contributed by atoms with Gasteiger partial charge in [-0.3, -0.25) is 0 Å². The summed E-state index contributed by atoms with van der Waals surface area (Å²) in [4.78, 5) is 22.8. The number of hydrogen-bond donors (Lipinski definition) is 1. The van der Waals surface area contributed by atoms with Gasteiger partial charge in [-0.2, -0.15) is 0 Å². The first kappa shape index (κ1) is 17.5. The molecule has 1 aliphatic carbocycles. The van der Waals surface area contributed by atoms with Crippen molar-refractivity contribution in [2.45, 2.75) is 51.7 Å². The van der Waals surface area contributed by atoms with Crippen molar-refractivity contribution in [2.75, 3.05) is 18.4 Å². The molecule has 134 valence electrons. The van der Waals surface area contributed by atoms with Gasteiger partial charge in [-0.15, -0.1) is 0 Å². The van der Waals surface area contributed by atoms with Gasteiger partial charge >= 0.3 is 6.09 Å². The third kappa shape index (κ3) is 4.81. The Kier molecular flexibility index (Phi) is 5.06. The molecule has 0 bridgehead atoms. The van der Waals surface area contributed by atoms with E-state index < -0.39 is 5.60 Å².